The second kappa shape index (κ2) is 6.80. The molecule has 0 radical (unpaired) electrons. The largest absolute Gasteiger partial charge is 0.481 e. The number of carboxylic acids is 1. The second-order valence-electron chi connectivity index (χ2n) is 5.73. The predicted octanol–water partition coefficient (Wildman–Crippen LogP) is 2.97. The Morgan fingerprint density at radius 3 is 2.82 bits per heavy atom. The minimum Gasteiger partial charge on any atom is -0.481 e. The van der Waals surface area contributed by atoms with Crippen LogP contribution >= 0.6 is 0 Å². The van der Waals surface area contributed by atoms with Crippen LogP contribution < -0.4 is 5.32 Å². The Bertz CT molecular complexity index is 271. The van der Waals surface area contributed by atoms with E-state index >= 15 is 0 Å². The van der Waals surface area contributed by atoms with Gasteiger partial charge in [-0.1, -0.05) is 26.0 Å². The summed E-state index contributed by atoms with van der Waals surface area (Å²) >= 11 is 0. The van der Waals surface area contributed by atoms with Gasteiger partial charge in [-0.15, -0.1) is 0 Å². The number of hydrogen-bond acceptors (Lipinski definition) is 2. The molecular formula is C14H25NO2. The third kappa shape index (κ3) is 6.47. The van der Waals surface area contributed by atoms with Crippen LogP contribution in [0.1, 0.15) is 52.4 Å². The molecule has 0 aromatic heterocycles. The number of aliphatic carboxylic acids is 1. The van der Waals surface area contributed by atoms with E-state index in [1.807, 2.05) is 0 Å². The summed E-state index contributed by atoms with van der Waals surface area (Å²) in [6.45, 7) is 5.27. The van der Waals surface area contributed by atoms with E-state index in [0.29, 0.717) is 6.04 Å². The molecule has 0 aromatic rings. The SMILES string of the molecule is CC(C)(CCNC1C=CCCC1)CCC(=O)O. The van der Waals surface area contributed by atoms with Gasteiger partial charge in [-0.05, 0) is 44.1 Å². The zero-order valence-corrected chi connectivity index (χ0v) is 11.0. The van der Waals surface area contributed by atoms with Crippen molar-refractivity contribution in [1.29, 1.82) is 0 Å². The fourth-order valence-corrected chi connectivity index (χ4v) is 2.15. The molecule has 1 rings (SSSR count). The molecule has 2 N–H and O–H groups in total. The van der Waals surface area contributed by atoms with Crippen LogP contribution in [0, 0.1) is 5.41 Å². The normalized spacial score (nSPS) is 20.5. The van der Waals surface area contributed by atoms with Crippen molar-refractivity contribution in [2.75, 3.05) is 6.54 Å². The van der Waals surface area contributed by atoms with Crippen LogP contribution in [0.15, 0.2) is 12.2 Å². The van der Waals surface area contributed by atoms with Crippen LogP contribution in [-0.4, -0.2) is 23.7 Å². The highest BCUT2D eigenvalue weighted by Crippen LogP contribution is 2.26. The Balaban J connectivity index is 2.17. The number of hydrogen-bond donors (Lipinski definition) is 2. The van der Waals surface area contributed by atoms with Crippen LogP contribution in [0.2, 0.25) is 0 Å². The van der Waals surface area contributed by atoms with Crippen molar-refractivity contribution in [2.24, 2.45) is 5.41 Å². The number of nitrogens with one attached hydrogen (secondary N) is 1. The van der Waals surface area contributed by atoms with Crippen molar-refractivity contribution < 1.29 is 9.90 Å². The summed E-state index contributed by atoms with van der Waals surface area (Å²) in [6.07, 6.45) is 10.3. The Labute approximate surface area is 104 Å². The smallest absolute Gasteiger partial charge is 0.303 e. The summed E-state index contributed by atoms with van der Waals surface area (Å²) in [6, 6.07) is 0.527. The standard InChI is InChI=1S/C14H25NO2/c1-14(2,9-8-13(16)17)10-11-15-12-6-4-3-5-7-12/h4,6,12,15H,3,5,7-11H2,1-2H3,(H,16,17). The van der Waals surface area contributed by atoms with E-state index in [9.17, 15) is 4.79 Å². The third-order valence-electron chi connectivity index (χ3n) is 3.48. The van der Waals surface area contributed by atoms with Crippen molar-refractivity contribution in [3.63, 3.8) is 0 Å². The van der Waals surface area contributed by atoms with E-state index in [4.69, 9.17) is 5.11 Å². The lowest BCUT2D eigenvalue weighted by molar-refractivity contribution is -0.137. The fraction of sp³-hybridized carbons (Fsp3) is 0.786. The van der Waals surface area contributed by atoms with E-state index in [-0.39, 0.29) is 11.8 Å². The lowest BCUT2D eigenvalue weighted by Crippen LogP contribution is -2.31. The molecule has 1 unspecified atom stereocenters. The van der Waals surface area contributed by atoms with E-state index in [1.165, 1.54) is 19.3 Å². The summed E-state index contributed by atoms with van der Waals surface area (Å²) in [5.74, 6) is -0.693. The highest BCUT2D eigenvalue weighted by molar-refractivity contribution is 5.66. The Morgan fingerprint density at radius 1 is 1.47 bits per heavy atom. The van der Waals surface area contributed by atoms with Crippen molar-refractivity contribution in [1.82, 2.24) is 5.32 Å². The molecule has 0 bridgehead atoms. The van der Waals surface area contributed by atoms with Crippen molar-refractivity contribution >= 4 is 5.97 Å². The van der Waals surface area contributed by atoms with Gasteiger partial charge in [0.1, 0.15) is 0 Å². The topological polar surface area (TPSA) is 49.3 Å². The Hall–Kier alpha value is -0.830. The minimum absolute atomic E-state index is 0.115. The second-order valence-corrected chi connectivity index (χ2v) is 5.73. The van der Waals surface area contributed by atoms with Gasteiger partial charge in [-0.3, -0.25) is 4.79 Å². The molecule has 1 aliphatic rings. The van der Waals surface area contributed by atoms with E-state index in [2.05, 4.69) is 31.3 Å². The molecule has 0 amide bonds. The van der Waals surface area contributed by atoms with Gasteiger partial charge >= 0.3 is 5.97 Å². The molecule has 1 aliphatic carbocycles. The molecular weight excluding hydrogens is 214 g/mol. The van der Waals surface area contributed by atoms with Crippen LogP contribution in [-0.2, 0) is 4.79 Å². The first-order chi connectivity index (χ1) is 7.99. The van der Waals surface area contributed by atoms with Crippen LogP contribution in [0.25, 0.3) is 0 Å². The van der Waals surface area contributed by atoms with Gasteiger partial charge in [-0.2, -0.15) is 0 Å². The average Bonchev–Trinajstić information content (AvgIpc) is 2.28. The van der Waals surface area contributed by atoms with E-state index < -0.39 is 5.97 Å². The summed E-state index contributed by atoms with van der Waals surface area (Å²) < 4.78 is 0. The highest BCUT2D eigenvalue weighted by atomic mass is 16.4. The molecule has 0 spiro atoms. The van der Waals surface area contributed by atoms with Crippen molar-refractivity contribution in [3.8, 4) is 0 Å². The van der Waals surface area contributed by atoms with Crippen molar-refractivity contribution in [3.05, 3.63) is 12.2 Å². The lowest BCUT2D eigenvalue weighted by Gasteiger charge is -2.26. The van der Waals surface area contributed by atoms with Crippen LogP contribution in [0.4, 0.5) is 0 Å². The Morgan fingerprint density at radius 2 is 2.24 bits per heavy atom. The van der Waals surface area contributed by atoms with Gasteiger partial charge in [-0.25, -0.2) is 0 Å². The molecule has 3 heteroatoms. The first-order valence-electron chi connectivity index (χ1n) is 6.61. The molecule has 1 atom stereocenters. The first-order valence-corrected chi connectivity index (χ1v) is 6.61. The van der Waals surface area contributed by atoms with Crippen LogP contribution in [0.5, 0.6) is 0 Å². The molecule has 17 heavy (non-hydrogen) atoms. The maximum absolute atomic E-state index is 10.5. The Kier molecular flexibility index (Phi) is 5.69. The molecule has 98 valence electrons. The summed E-state index contributed by atoms with van der Waals surface area (Å²) in [7, 11) is 0. The van der Waals surface area contributed by atoms with Gasteiger partial charge in [0, 0.05) is 12.5 Å². The number of rotatable bonds is 7. The molecule has 0 aromatic carbocycles. The van der Waals surface area contributed by atoms with E-state index in [0.717, 1.165) is 19.4 Å². The number of carboxylic acid groups (broad SMARTS) is 1. The summed E-state index contributed by atoms with van der Waals surface area (Å²) in [5, 5.41) is 12.2. The molecule has 0 saturated carbocycles. The number of carbonyl (C=O) groups is 1. The maximum Gasteiger partial charge on any atom is 0.303 e. The van der Waals surface area contributed by atoms with Gasteiger partial charge in [0.05, 0.1) is 0 Å². The minimum atomic E-state index is -0.693. The molecule has 0 saturated heterocycles. The average molecular weight is 239 g/mol. The molecule has 0 heterocycles. The van der Waals surface area contributed by atoms with Gasteiger partial charge in [0.25, 0.3) is 0 Å². The van der Waals surface area contributed by atoms with E-state index in [1.54, 1.807) is 0 Å². The number of allylic oxidation sites excluding steroid dienone is 1. The quantitative estimate of drug-likeness (QED) is 0.671. The molecule has 3 nitrogen and oxygen atoms in total. The zero-order chi connectivity index (χ0) is 12.7. The van der Waals surface area contributed by atoms with Gasteiger partial charge in [0.15, 0.2) is 0 Å². The lowest BCUT2D eigenvalue weighted by atomic mass is 9.84. The molecule has 0 aliphatic heterocycles. The predicted molar refractivity (Wildman–Crippen MR) is 70.0 cm³/mol. The van der Waals surface area contributed by atoms with Crippen LogP contribution in [0.3, 0.4) is 0 Å². The molecule has 0 fully saturated rings. The summed E-state index contributed by atoms with van der Waals surface area (Å²) in [4.78, 5) is 10.5. The maximum atomic E-state index is 10.5. The fourth-order valence-electron chi connectivity index (χ4n) is 2.15. The van der Waals surface area contributed by atoms with Gasteiger partial charge in [0.2, 0.25) is 0 Å². The van der Waals surface area contributed by atoms with Gasteiger partial charge < -0.3 is 10.4 Å². The monoisotopic (exact) mass is 239 g/mol. The highest BCUT2D eigenvalue weighted by Gasteiger charge is 2.19. The summed E-state index contributed by atoms with van der Waals surface area (Å²) in [5.41, 5.74) is 0.115. The zero-order valence-electron chi connectivity index (χ0n) is 11.0. The first kappa shape index (κ1) is 14.2. The third-order valence-corrected chi connectivity index (χ3v) is 3.48. The van der Waals surface area contributed by atoms with Crippen molar-refractivity contribution in [2.45, 2.75) is 58.4 Å².